The lowest BCUT2D eigenvalue weighted by Gasteiger charge is -2.26. The first-order valence-corrected chi connectivity index (χ1v) is 5.74. The first-order chi connectivity index (χ1) is 8.02. The van der Waals surface area contributed by atoms with E-state index in [0.717, 1.165) is 12.8 Å². The average molecular weight is 235 g/mol. The lowest BCUT2D eigenvalue weighted by atomic mass is 9.99. The Hall–Kier alpha value is -1.85. The van der Waals surface area contributed by atoms with Crippen LogP contribution in [0.5, 0.6) is 0 Å². The van der Waals surface area contributed by atoms with E-state index in [2.05, 4.69) is 41.4 Å². The number of nitrogens with zero attached hydrogens (tertiary/aromatic N) is 3. The van der Waals surface area contributed by atoms with Gasteiger partial charge in [-0.15, -0.1) is 5.10 Å². The Kier molecular flexibility index (Phi) is 2.87. The highest BCUT2D eigenvalue weighted by Gasteiger charge is 2.17. The van der Waals surface area contributed by atoms with Crippen molar-refractivity contribution in [2.75, 3.05) is 5.32 Å². The predicted molar refractivity (Wildman–Crippen MR) is 66.2 cm³/mol. The van der Waals surface area contributed by atoms with Gasteiger partial charge in [0.2, 0.25) is 0 Å². The summed E-state index contributed by atoms with van der Waals surface area (Å²) in [5, 5.41) is 13.7. The summed E-state index contributed by atoms with van der Waals surface area (Å²) in [5.41, 5.74) is 0.161. The molecular weight excluding hydrogens is 218 g/mol. The Morgan fingerprint density at radius 2 is 2.24 bits per heavy atom. The highest BCUT2D eigenvalue weighted by Crippen LogP contribution is 2.17. The molecule has 2 heterocycles. The van der Waals surface area contributed by atoms with Gasteiger partial charge in [-0.05, 0) is 32.4 Å². The van der Waals surface area contributed by atoms with E-state index in [9.17, 15) is 4.79 Å². The molecule has 0 spiro atoms. The summed E-state index contributed by atoms with van der Waals surface area (Å²) < 4.78 is 1.25. The van der Waals surface area contributed by atoms with Gasteiger partial charge < -0.3 is 5.32 Å². The van der Waals surface area contributed by atoms with Crippen molar-refractivity contribution >= 4 is 11.5 Å². The van der Waals surface area contributed by atoms with E-state index in [1.807, 2.05) is 6.07 Å². The van der Waals surface area contributed by atoms with Gasteiger partial charge in [0, 0.05) is 5.54 Å². The molecule has 0 aliphatic rings. The highest BCUT2D eigenvalue weighted by molar-refractivity contribution is 5.44. The fourth-order valence-electron chi connectivity index (χ4n) is 1.90. The Labute approximate surface area is 99.0 Å². The number of hydrogen-bond donors (Lipinski definition) is 2. The molecule has 2 aromatic rings. The van der Waals surface area contributed by atoms with Crippen LogP contribution in [-0.2, 0) is 0 Å². The summed E-state index contributed by atoms with van der Waals surface area (Å²) in [6, 6.07) is 3.59. The quantitative estimate of drug-likeness (QED) is 0.840. The zero-order valence-electron chi connectivity index (χ0n) is 10.3. The third kappa shape index (κ3) is 2.46. The van der Waals surface area contributed by atoms with Gasteiger partial charge in [-0.1, -0.05) is 13.3 Å². The second-order valence-electron chi connectivity index (χ2n) is 4.78. The van der Waals surface area contributed by atoms with E-state index in [1.54, 1.807) is 6.07 Å². The average Bonchev–Trinajstić information content (AvgIpc) is 2.60. The summed E-state index contributed by atoms with van der Waals surface area (Å²) in [5.74, 6) is 0.680. The number of aromatic amines is 1. The topological polar surface area (TPSA) is 75.1 Å². The van der Waals surface area contributed by atoms with Crippen LogP contribution in [0.2, 0.25) is 0 Å². The molecule has 0 aliphatic carbocycles. The van der Waals surface area contributed by atoms with Crippen LogP contribution >= 0.6 is 0 Å². The Balaban J connectivity index is 2.30. The van der Waals surface area contributed by atoms with E-state index >= 15 is 0 Å². The number of nitrogens with one attached hydrogen (secondary N) is 2. The molecule has 6 heteroatoms. The molecule has 17 heavy (non-hydrogen) atoms. The zero-order valence-corrected chi connectivity index (χ0v) is 10.3. The normalized spacial score (nSPS) is 11.9. The van der Waals surface area contributed by atoms with Gasteiger partial charge in [0.1, 0.15) is 5.82 Å². The van der Waals surface area contributed by atoms with E-state index in [0.29, 0.717) is 11.5 Å². The maximum absolute atomic E-state index is 11.4. The van der Waals surface area contributed by atoms with E-state index in [1.165, 1.54) is 4.52 Å². The largest absolute Gasteiger partial charge is 0.364 e. The van der Waals surface area contributed by atoms with Crippen molar-refractivity contribution in [1.82, 2.24) is 19.8 Å². The van der Waals surface area contributed by atoms with Gasteiger partial charge in [0.25, 0.3) is 0 Å². The zero-order chi connectivity index (χ0) is 12.5. The van der Waals surface area contributed by atoms with Crippen molar-refractivity contribution < 1.29 is 0 Å². The minimum atomic E-state index is -0.322. The minimum absolute atomic E-state index is 0.0389. The van der Waals surface area contributed by atoms with Gasteiger partial charge in [0.05, 0.1) is 0 Å². The maximum Gasteiger partial charge on any atom is 0.364 e. The number of aromatic nitrogens is 4. The summed E-state index contributed by atoms with van der Waals surface area (Å²) in [6.45, 7) is 6.36. The lowest BCUT2D eigenvalue weighted by Crippen LogP contribution is -2.31. The molecule has 0 saturated carbocycles. The third-order valence-corrected chi connectivity index (χ3v) is 2.61. The van der Waals surface area contributed by atoms with E-state index in [-0.39, 0.29) is 11.2 Å². The van der Waals surface area contributed by atoms with Crippen LogP contribution in [0.4, 0.5) is 5.82 Å². The number of anilines is 1. The van der Waals surface area contributed by atoms with E-state index < -0.39 is 0 Å². The van der Waals surface area contributed by atoms with Crippen molar-refractivity contribution in [3.8, 4) is 0 Å². The standard InChI is InChI=1S/C11H17N5O/c1-4-7-11(2,3)12-8-5-6-9-13-14-10(17)16(9)15-8/h5-6H,4,7H2,1-3H3,(H,12,15)(H,14,17). The second kappa shape index (κ2) is 4.20. The number of rotatable bonds is 4. The molecule has 0 atom stereocenters. The molecule has 0 fully saturated rings. The molecule has 0 saturated heterocycles. The monoisotopic (exact) mass is 235 g/mol. The van der Waals surface area contributed by atoms with E-state index in [4.69, 9.17) is 0 Å². The molecule has 2 aromatic heterocycles. The molecule has 92 valence electrons. The molecule has 2 N–H and O–H groups in total. The van der Waals surface area contributed by atoms with Crippen molar-refractivity contribution in [2.24, 2.45) is 0 Å². The van der Waals surface area contributed by atoms with Gasteiger partial charge in [-0.2, -0.15) is 9.61 Å². The smallest absolute Gasteiger partial charge is 0.364 e. The SMILES string of the molecule is CCCC(C)(C)Nc1ccc2n[nH]c(=O)n2n1. The van der Waals surface area contributed by atoms with Crippen molar-refractivity contribution in [1.29, 1.82) is 0 Å². The molecule has 2 rings (SSSR count). The Bertz CT molecular complexity index is 568. The Morgan fingerprint density at radius 1 is 1.47 bits per heavy atom. The van der Waals surface area contributed by atoms with Crippen LogP contribution in [0.1, 0.15) is 33.6 Å². The summed E-state index contributed by atoms with van der Waals surface area (Å²) in [6.07, 6.45) is 2.13. The van der Waals surface area contributed by atoms with Gasteiger partial charge in [-0.25, -0.2) is 9.89 Å². The van der Waals surface area contributed by atoms with Crippen LogP contribution in [0.3, 0.4) is 0 Å². The second-order valence-corrected chi connectivity index (χ2v) is 4.78. The first-order valence-electron chi connectivity index (χ1n) is 5.74. The van der Waals surface area contributed by atoms with Crippen molar-refractivity contribution in [3.05, 3.63) is 22.6 Å². The van der Waals surface area contributed by atoms with Gasteiger partial charge in [0.15, 0.2) is 5.65 Å². The first kappa shape index (κ1) is 11.6. The number of hydrogen-bond acceptors (Lipinski definition) is 4. The van der Waals surface area contributed by atoms with Gasteiger partial charge in [-0.3, -0.25) is 0 Å². The lowest BCUT2D eigenvalue weighted by molar-refractivity contribution is 0.507. The third-order valence-electron chi connectivity index (χ3n) is 2.61. The Morgan fingerprint density at radius 3 is 2.94 bits per heavy atom. The fraction of sp³-hybridized carbons (Fsp3) is 0.545. The molecule has 0 bridgehead atoms. The molecular formula is C11H17N5O. The number of fused-ring (bicyclic) bond motifs is 1. The van der Waals surface area contributed by atoms with Crippen LogP contribution in [-0.4, -0.2) is 25.4 Å². The predicted octanol–water partition coefficient (Wildman–Crippen LogP) is 1.41. The summed E-state index contributed by atoms with van der Waals surface area (Å²) >= 11 is 0. The molecule has 0 unspecified atom stereocenters. The molecule has 6 nitrogen and oxygen atoms in total. The van der Waals surface area contributed by atoms with Crippen LogP contribution in [0, 0.1) is 0 Å². The van der Waals surface area contributed by atoms with Crippen LogP contribution in [0.25, 0.3) is 5.65 Å². The van der Waals surface area contributed by atoms with Crippen molar-refractivity contribution in [3.63, 3.8) is 0 Å². The summed E-state index contributed by atoms with van der Waals surface area (Å²) in [7, 11) is 0. The van der Waals surface area contributed by atoms with Crippen molar-refractivity contribution in [2.45, 2.75) is 39.2 Å². The molecule has 0 radical (unpaired) electrons. The van der Waals surface area contributed by atoms with Crippen LogP contribution < -0.4 is 11.0 Å². The van der Waals surface area contributed by atoms with Crippen LogP contribution in [0.15, 0.2) is 16.9 Å². The fourth-order valence-corrected chi connectivity index (χ4v) is 1.90. The maximum atomic E-state index is 11.4. The molecule has 0 aliphatic heterocycles. The molecule has 0 aromatic carbocycles. The highest BCUT2D eigenvalue weighted by atomic mass is 16.2. The van der Waals surface area contributed by atoms with Gasteiger partial charge >= 0.3 is 5.69 Å². The molecule has 0 amide bonds. The number of H-pyrrole nitrogens is 1. The minimum Gasteiger partial charge on any atom is -0.364 e. The summed E-state index contributed by atoms with van der Waals surface area (Å²) in [4.78, 5) is 11.4.